The van der Waals surface area contributed by atoms with Gasteiger partial charge in [-0.2, -0.15) is 0 Å². The fourth-order valence-electron chi connectivity index (χ4n) is 1.30. The molecule has 0 aliphatic heterocycles. The highest BCUT2D eigenvalue weighted by atomic mass is 16.4. The number of carboxylic acids is 1. The summed E-state index contributed by atoms with van der Waals surface area (Å²) in [5.74, 6) is -2.20. The van der Waals surface area contributed by atoms with Gasteiger partial charge in [0.25, 0.3) is 0 Å². The summed E-state index contributed by atoms with van der Waals surface area (Å²) >= 11 is 0. The van der Waals surface area contributed by atoms with Crippen LogP contribution in [0.15, 0.2) is 36.4 Å². The maximum Gasteiger partial charge on any atom is 0.371 e. The molecule has 20 heavy (non-hydrogen) atoms. The highest BCUT2D eigenvalue weighted by Gasteiger charge is 1.99. The Morgan fingerprint density at radius 2 is 1.80 bits per heavy atom. The van der Waals surface area contributed by atoms with E-state index in [0.29, 0.717) is 0 Å². The Morgan fingerprint density at radius 1 is 1.25 bits per heavy atom. The molecule has 110 valence electrons. The number of aliphatic hydroxyl groups excluding tert-OH is 1. The number of carbonyl (C=O) groups is 2. The Bertz CT molecular complexity index is 411. The van der Waals surface area contributed by atoms with Crippen LogP contribution in [0.5, 0.6) is 0 Å². The summed E-state index contributed by atoms with van der Waals surface area (Å²) in [7, 11) is 0. The summed E-state index contributed by atoms with van der Waals surface area (Å²) in [6.45, 7) is 3.13. The highest BCUT2D eigenvalue weighted by molar-refractivity contribution is 6.31. The lowest BCUT2D eigenvalue weighted by atomic mass is 10.1. The van der Waals surface area contributed by atoms with Gasteiger partial charge in [-0.3, -0.25) is 4.79 Å². The molecule has 0 saturated heterocycles. The molecule has 4 heteroatoms. The molecule has 0 aromatic heterocycles. The van der Waals surface area contributed by atoms with E-state index < -0.39 is 11.8 Å². The van der Waals surface area contributed by atoms with Gasteiger partial charge in [0.05, 0.1) is 6.10 Å². The fraction of sp³-hybridized carbons (Fsp3) is 0.375. The van der Waals surface area contributed by atoms with Gasteiger partial charge in [-0.25, -0.2) is 4.79 Å². The summed E-state index contributed by atoms with van der Waals surface area (Å²) in [6, 6.07) is 10.0. The smallest absolute Gasteiger partial charge is 0.371 e. The van der Waals surface area contributed by atoms with Gasteiger partial charge in [-0.15, -0.1) is 0 Å². The van der Waals surface area contributed by atoms with Crippen molar-refractivity contribution in [2.24, 2.45) is 0 Å². The number of benzene rings is 1. The van der Waals surface area contributed by atoms with Crippen molar-refractivity contribution in [3.05, 3.63) is 42.0 Å². The van der Waals surface area contributed by atoms with E-state index in [1.165, 1.54) is 0 Å². The van der Waals surface area contributed by atoms with Crippen LogP contribution in [-0.4, -0.2) is 28.1 Å². The van der Waals surface area contributed by atoms with Crippen LogP contribution in [0, 0.1) is 0 Å². The molecule has 2 N–H and O–H groups in total. The van der Waals surface area contributed by atoms with Crippen molar-refractivity contribution in [3.8, 4) is 0 Å². The van der Waals surface area contributed by atoms with Crippen molar-refractivity contribution in [1.82, 2.24) is 0 Å². The largest absolute Gasteiger partial charge is 0.476 e. The van der Waals surface area contributed by atoms with Crippen LogP contribution < -0.4 is 0 Å². The molecule has 1 atom stereocenters. The molecule has 0 aliphatic carbocycles. The third-order valence-electron chi connectivity index (χ3n) is 2.47. The number of aliphatic hydroxyl groups is 1. The number of Topliss-reactive ketones (excluding diaryl/α,β-unsaturated/α-hetero) is 1. The molecule has 1 unspecified atom stereocenters. The summed E-state index contributed by atoms with van der Waals surface area (Å²) in [5, 5.41) is 17.2. The average molecular weight is 278 g/mol. The first-order valence-corrected chi connectivity index (χ1v) is 6.62. The predicted molar refractivity (Wildman–Crippen MR) is 79.3 cm³/mol. The van der Waals surface area contributed by atoms with E-state index >= 15 is 0 Å². The van der Waals surface area contributed by atoms with Crippen LogP contribution >= 0.6 is 0 Å². The lowest BCUT2D eigenvalue weighted by Gasteiger charge is -2.02. The van der Waals surface area contributed by atoms with Gasteiger partial charge >= 0.3 is 5.97 Å². The topological polar surface area (TPSA) is 74.6 Å². The van der Waals surface area contributed by atoms with Gasteiger partial charge in [0.1, 0.15) is 0 Å². The Balaban J connectivity index is 0.000000511. The molecule has 0 bridgehead atoms. The number of hydrogen-bond donors (Lipinski definition) is 2. The van der Waals surface area contributed by atoms with Crippen molar-refractivity contribution in [2.75, 3.05) is 0 Å². The van der Waals surface area contributed by atoms with E-state index in [2.05, 4.69) is 6.92 Å². The minimum absolute atomic E-state index is 0.296. The molecular formula is C16H22O4. The van der Waals surface area contributed by atoms with Gasteiger partial charge < -0.3 is 10.2 Å². The third-order valence-corrected chi connectivity index (χ3v) is 2.47. The summed E-state index contributed by atoms with van der Waals surface area (Å²) in [6.07, 6.45) is 6.62. The molecule has 0 fully saturated rings. The summed E-state index contributed by atoms with van der Waals surface area (Å²) in [4.78, 5) is 18.9. The molecular weight excluding hydrogens is 256 g/mol. The van der Waals surface area contributed by atoms with Crippen molar-refractivity contribution in [2.45, 2.75) is 39.2 Å². The SMILES string of the molecule is CC(=O)C(=O)O.CCCCC(O)C=Cc1ccccc1. The quantitative estimate of drug-likeness (QED) is 0.785. The average Bonchev–Trinajstić information content (AvgIpc) is 2.44. The monoisotopic (exact) mass is 278 g/mol. The van der Waals surface area contributed by atoms with Crippen molar-refractivity contribution in [1.29, 1.82) is 0 Å². The second-order valence-corrected chi connectivity index (χ2v) is 4.34. The van der Waals surface area contributed by atoms with Crippen molar-refractivity contribution in [3.63, 3.8) is 0 Å². The maximum atomic E-state index is 9.55. The van der Waals surface area contributed by atoms with E-state index in [1.54, 1.807) is 0 Å². The third kappa shape index (κ3) is 10.0. The molecule has 0 saturated carbocycles. The van der Waals surface area contributed by atoms with Gasteiger partial charge in [0, 0.05) is 6.92 Å². The molecule has 0 aliphatic rings. The normalized spacial score (nSPS) is 11.6. The number of rotatable bonds is 6. The minimum atomic E-state index is -1.38. The first-order chi connectivity index (χ1) is 9.47. The first kappa shape index (κ1) is 18.1. The molecule has 1 aromatic rings. The molecule has 0 amide bonds. The molecule has 0 spiro atoms. The van der Waals surface area contributed by atoms with Gasteiger partial charge in [0.2, 0.25) is 5.78 Å². The van der Waals surface area contributed by atoms with E-state index in [4.69, 9.17) is 5.11 Å². The van der Waals surface area contributed by atoms with E-state index in [-0.39, 0.29) is 6.10 Å². The number of unbranched alkanes of at least 4 members (excludes halogenated alkanes) is 1. The highest BCUT2D eigenvalue weighted by Crippen LogP contribution is 2.06. The van der Waals surface area contributed by atoms with Crippen molar-refractivity contribution < 1.29 is 19.8 Å². The molecule has 0 heterocycles. The van der Waals surface area contributed by atoms with E-state index in [9.17, 15) is 14.7 Å². The number of aliphatic carboxylic acids is 1. The lowest BCUT2D eigenvalue weighted by molar-refractivity contribution is -0.148. The van der Waals surface area contributed by atoms with Crippen LogP contribution in [-0.2, 0) is 9.59 Å². The van der Waals surface area contributed by atoms with Gasteiger partial charge in [-0.05, 0) is 12.0 Å². The van der Waals surface area contributed by atoms with E-state index in [0.717, 1.165) is 31.7 Å². The Labute approximate surface area is 119 Å². The van der Waals surface area contributed by atoms with Crippen LogP contribution in [0.4, 0.5) is 0 Å². The maximum absolute atomic E-state index is 9.55. The second kappa shape index (κ2) is 10.9. The molecule has 4 nitrogen and oxygen atoms in total. The fourth-order valence-corrected chi connectivity index (χ4v) is 1.30. The van der Waals surface area contributed by atoms with Crippen LogP contribution in [0.3, 0.4) is 0 Å². The molecule has 0 radical (unpaired) electrons. The zero-order chi connectivity index (χ0) is 15.4. The summed E-state index contributed by atoms with van der Waals surface area (Å²) in [5.41, 5.74) is 1.14. The predicted octanol–water partition coefficient (Wildman–Crippen LogP) is 2.91. The number of hydrogen-bond acceptors (Lipinski definition) is 3. The van der Waals surface area contributed by atoms with Crippen LogP contribution in [0.25, 0.3) is 6.08 Å². The molecule has 1 aromatic carbocycles. The Morgan fingerprint density at radius 3 is 2.25 bits per heavy atom. The minimum Gasteiger partial charge on any atom is -0.476 e. The summed E-state index contributed by atoms with van der Waals surface area (Å²) < 4.78 is 0. The van der Waals surface area contributed by atoms with Crippen LogP contribution in [0.1, 0.15) is 38.7 Å². The number of carbonyl (C=O) groups excluding carboxylic acids is 1. The number of carboxylic acid groups (broad SMARTS) is 1. The molecule has 1 rings (SSSR count). The zero-order valence-electron chi connectivity index (χ0n) is 12.0. The number of ketones is 1. The Hall–Kier alpha value is -1.94. The zero-order valence-corrected chi connectivity index (χ0v) is 12.0. The Kier molecular flexibility index (Phi) is 9.87. The van der Waals surface area contributed by atoms with E-state index in [1.807, 2.05) is 42.5 Å². The van der Waals surface area contributed by atoms with Gasteiger partial charge in [0.15, 0.2) is 0 Å². The van der Waals surface area contributed by atoms with Gasteiger partial charge in [-0.1, -0.05) is 62.2 Å². The second-order valence-electron chi connectivity index (χ2n) is 4.34. The standard InChI is InChI=1S/C13H18O.C3H4O3/c1-2-3-9-13(14)11-10-12-7-5-4-6-8-12;1-2(4)3(5)6/h4-8,10-11,13-14H,2-3,9H2,1H3;1H3,(H,5,6). The van der Waals surface area contributed by atoms with Crippen molar-refractivity contribution >= 4 is 17.8 Å². The lowest BCUT2D eigenvalue weighted by Crippen LogP contribution is -2.05. The first-order valence-electron chi connectivity index (χ1n) is 6.62. The van der Waals surface area contributed by atoms with Crippen LogP contribution in [0.2, 0.25) is 0 Å².